The zero-order valence-corrected chi connectivity index (χ0v) is 13.9. The number of nitrogens with zero attached hydrogens (tertiary/aromatic N) is 5. The summed E-state index contributed by atoms with van der Waals surface area (Å²) in [5.74, 6) is 0. The molecule has 2 aliphatic rings. The molecule has 1 aromatic carbocycles. The molecular formula is C17H17N5OS. The van der Waals surface area contributed by atoms with E-state index < -0.39 is 11.5 Å². The van der Waals surface area contributed by atoms with E-state index in [1.54, 1.807) is 17.3 Å². The second-order valence-corrected chi connectivity index (χ2v) is 7.23. The van der Waals surface area contributed by atoms with Crippen molar-refractivity contribution in [3.63, 3.8) is 0 Å². The molecule has 3 heterocycles. The van der Waals surface area contributed by atoms with Gasteiger partial charge in [0.25, 0.3) is 0 Å². The van der Waals surface area contributed by atoms with E-state index in [0.717, 1.165) is 29.9 Å². The Bertz CT molecular complexity index is 765. The van der Waals surface area contributed by atoms with Gasteiger partial charge in [-0.05, 0) is 30.2 Å². The van der Waals surface area contributed by atoms with Crippen LogP contribution < -0.4 is 8.61 Å². The lowest BCUT2D eigenvalue weighted by molar-refractivity contribution is 0.477. The molecule has 4 rings (SSSR count). The lowest BCUT2D eigenvalue weighted by atomic mass is 10.2. The van der Waals surface area contributed by atoms with E-state index in [-0.39, 0.29) is 6.04 Å². The molecule has 0 saturated carbocycles. The fourth-order valence-corrected chi connectivity index (χ4v) is 4.83. The molecule has 0 aliphatic carbocycles. The number of nitriles is 1. The highest BCUT2D eigenvalue weighted by Gasteiger charge is 2.46. The van der Waals surface area contributed by atoms with E-state index >= 15 is 0 Å². The highest BCUT2D eigenvalue weighted by atomic mass is 32.2. The van der Waals surface area contributed by atoms with Gasteiger partial charge in [-0.25, -0.2) is 0 Å². The number of aromatic nitrogens is 1. The van der Waals surface area contributed by atoms with Crippen LogP contribution in [-0.2, 0) is 18.1 Å². The number of hydrogen-bond donors (Lipinski definition) is 0. The third kappa shape index (κ3) is 2.54. The largest absolute Gasteiger partial charge is 0.568 e. The Morgan fingerprint density at radius 1 is 1.25 bits per heavy atom. The lowest BCUT2D eigenvalue weighted by Crippen LogP contribution is -2.44. The molecule has 24 heavy (non-hydrogen) atoms. The smallest absolute Gasteiger partial charge is 0.198 e. The van der Waals surface area contributed by atoms with Gasteiger partial charge in [0.2, 0.25) is 0 Å². The molecule has 1 fully saturated rings. The zero-order chi connectivity index (χ0) is 16.5. The zero-order valence-electron chi connectivity index (χ0n) is 13.1. The summed E-state index contributed by atoms with van der Waals surface area (Å²) in [5, 5.41) is 9.10. The van der Waals surface area contributed by atoms with Crippen molar-refractivity contribution in [2.24, 2.45) is 0 Å². The molecule has 2 unspecified atom stereocenters. The molecule has 0 spiro atoms. The topological polar surface area (TPSA) is 69.5 Å². The molecule has 0 bridgehead atoms. The van der Waals surface area contributed by atoms with Crippen LogP contribution in [0.4, 0.5) is 11.4 Å². The Morgan fingerprint density at radius 3 is 2.79 bits per heavy atom. The normalized spacial score (nSPS) is 22.6. The first-order chi connectivity index (χ1) is 11.8. The predicted molar refractivity (Wildman–Crippen MR) is 93.1 cm³/mol. The van der Waals surface area contributed by atoms with Crippen molar-refractivity contribution in [3.8, 4) is 6.19 Å². The number of rotatable bonds is 3. The van der Waals surface area contributed by atoms with Gasteiger partial charge in [0, 0.05) is 18.9 Å². The predicted octanol–water partition coefficient (Wildman–Crippen LogP) is 2.04. The molecule has 7 heteroatoms. The number of fused-ring (bicyclic) bond motifs is 1. The van der Waals surface area contributed by atoms with Gasteiger partial charge in [-0.2, -0.15) is 13.9 Å². The summed E-state index contributed by atoms with van der Waals surface area (Å²) >= 11 is -1.30. The fraction of sp³-hybridized carbons (Fsp3) is 0.294. The molecule has 1 aromatic heterocycles. The average molecular weight is 339 g/mol. The van der Waals surface area contributed by atoms with E-state index in [9.17, 15) is 4.55 Å². The number of pyridine rings is 1. The fourth-order valence-electron chi connectivity index (χ4n) is 3.28. The molecule has 6 nitrogen and oxygen atoms in total. The minimum atomic E-state index is -1.30. The number of hydrogen-bond acceptors (Lipinski definition) is 6. The molecule has 2 atom stereocenters. The van der Waals surface area contributed by atoms with Crippen LogP contribution in [0.1, 0.15) is 12.0 Å². The Morgan fingerprint density at radius 2 is 2.08 bits per heavy atom. The van der Waals surface area contributed by atoms with Gasteiger partial charge in [0.05, 0.1) is 19.1 Å². The maximum Gasteiger partial charge on any atom is 0.198 e. The summed E-state index contributed by atoms with van der Waals surface area (Å²) in [4.78, 5) is 5.87. The monoisotopic (exact) mass is 339 g/mol. The SMILES string of the molecule is N#CN1CCC(N2c3ccccc3N(Cc3cccnc3)[S+]2[O-])C1. The summed E-state index contributed by atoms with van der Waals surface area (Å²) < 4.78 is 17.1. The summed E-state index contributed by atoms with van der Waals surface area (Å²) in [7, 11) is 0. The van der Waals surface area contributed by atoms with Crippen molar-refractivity contribution >= 4 is 22.9 Å². The van der Waals surface area contributed by atoms with Crippen molar-refractivity contribution < 1.29 is 4.55 Å². The van der Waals surface area contributed by atoms with Crippen molar-refractivity contribution in [2.45, 2.75) is 19.0 Å². The Balaban J connectivity index is 1.64. The lowest BCUT2D eigenvalue weighted by Gasteiger charge is -2.26. The van der Waals surface area contributed by atoms with Crippen molar-refractivity contribution in [2.75, 3.05) is 21.7 Å². The first-order valence-electron chi connectivity index (χ1n) is 7.89. The van der Waals surface area contributed by atoms with E-state index in [1.165, 1.54) is 0 Å². The van der Waals surface area contributed by atoms with Crippen LogP contribution in [0.15, 0.2) is 48.8 Å². The van der Waals surface area contributed by atoms with Crippen molar-refractivity contribution in [3.05, 3.63) is 54.4 Å². The molecular weight excluding hydrogens is 322 g/mol. The maximum atomic E-state index is 13.2. The number of para-hydroxylation sites is 2. The first-order valence-corrected chi connectivity index (χ1v) is 8.95. The van der Waals surface area contributed by atoms with Crippen LogP contribution in [0.2, 0.25) is 0 Å². The van der Waals surface area contributed by atoms with Gasteiger partial charge in [-0.15, -0.1) is 0 Å². The van der Waals surface area contributed by atoms with E-state index in [2.05, 4.69) is 11.2 Å². The summed E-state index contributed by atoms with van der Waals surface area (Å²) in [6.45, 7) is 1.89. The quantitative estimate of drug-likeness (QED) is 0.630. The van der Waals surface area contributed by atoms with Crippen LogP contribution in [0.5, 0.6) is 0 Å². The summed E-state index contributed by atoms with van der Waals surface area (Å²) in [6.07, 6.45) is 6.57. The van der Waals surface area contributed by atoms with Gasteiger partial charge < -0.3 is 9.45 Å². The molecule has 1 saturated heterocycles. The molecule has 122 valence electrons. The second-order valence-electron chi connectivity index (χ2n) is 5.93. The second kappa shape index (κ2) is 6.23. The highest BCUT2D eigenvalue weighted by molar-refractivity contribution is 7.94. The van der Waals surface area contributed by atoms with Crippen LogP contribution in [-0.4, -0.2) is 33.6 Å². The van der Waals surface area contributed by atoms with Crippen LogP contribution >= 0.6 is 0 Å². The third-order valence-electron chi connectivity index (χ3n) is 4.43. The maximum absolute atomic E-state index is 13.2. The average Bonchev–Trinajstić information content (AvgIpc) is 3.19. The molecule has 2 aromatic rings. The van der Waals surface area contributed by atoms with Crippen LogP contribution in [0.25, 0.3) is 0 Å². The number of likely N-dealkylation sites (tertiary alicyclic amines) is 1. The van der Waals surface area contributed by atoms with Gasteiger partial charge in [-0.3, -0.25) is 4.98 Å². The molecule has 0 amide bonds. The van der Waals surface area contributed by atoms with E-state index in [0.29, 0.717) is 13.1 Å². The summed E-state index contributed by atoms with van der Waals surface area (Å²) in [5.41, 5.74) is 2.96. The number of benzene rings is 1. The van der Waals surface area contributed by atoms with Gasteiger partial charge >= 0.3 is 0 Å². The standard InChI is InChI=1S/C17H17N5OS/c18-13-20-9-7-15(12-20)22-17-6-2-1-5-16(17)21(24(22)23)11-14-4-3-8-19-10-14/h1-6,8,10,15H,7,9,11-12H2. The third-order valence-corrected chi connectivity index (χ3v) is 5.96. The Hall–Kier alpha value is -2.43. The van der Waals surface area contributed by atoms with Crippen LogP contribution in [0.3, 0.4) is 0 Å². The van der Waals surface area contributed by atoms with E-state index in [1.807, 2.05) is 45.0 Å². The molecule has 2 aliphatic heterocycles. The first kappa shape index (κ1) is 15.1. The summed E-state index contributed by atoms with van der Waals surface area (Å²) in [6, 6.07) is 11.9. The minimum absolute atomic E-state index is 0.0885. The number of anilines is 2. The van der Waals surface area contributed by atoms with E-state index in [4.69, 9.17) is 5.26 Å². The van der Waals surface area contributed by atoms with Crippen molar-refractivity contribution in [1.29, 1.82) is 5.26 Å². The Kier molecular flexibility index (Phi) is 3.92. The van der Waals surface area contributed by atoms with Gasteiger partial charge in [0.1, 0.15) is 11.4 Å². The highest BCUT2D eigenvalue weighted by Crippen LogP contribution is 2.43. The Labute approximate surface area is 144 Å². The minimum Gasteiger partial charge on any atom is -0.568 e. The molecule has 0 N–H and O–H groups in total. The van der Waals surface area contributed by atoms with Gasteiger partial charge in [-0.1, -0.05) is 18.2 Å². The van der Waals surface area contributed by atoms with Crippen LogP contribution in [0, 0.1) is 11.5 Å². The molecule has 0 radical (unpaired) electrons. The van der Waals surface area contributed by atoms with Crippen molar-refractivity contribution in [1.82, 2.24) is 9.88 Å². The van der Waals surface area contributed by atoms with Gasteiger partial charge in [0.15, 0.2) is 17.7 Å².